The Kier molecular flexibility index (Phi) is 4.43. The summed E-state index contributed by atoms with van der Waals surface area (Å²) in [5.74, 6) is -0.554. The molecule has 1 heterocycles. The van der Waals surface area contributed by atoms with Crippen LogP contribution in [0.15, 0.2) is 0 Å². The lowest BCUT2D eigenvalue weighted by Gasteiger charge is -2.37. The van der Waals surface area contributed by atoms with E-state index >= 15 is 0 Å². The van der Waals surface area contributed by atoms with E-state index in [2.05, 4.69) is 4.90 Å². The quantitative estimate of drug-likeness (QED) is 0.823. The predicted molar refractivity (Wildman–Crippen MR) is 68.1 cm³/mol. The average molecular weight is 239 g/mol. The van der Waals surface area contributed by atoms with E-state index in [-0.39, 0.29) is 0 Å². The number of likely N-dealkylation sites (tertiary alicyclic amines) is 1. The van der Waals surface area contributed by atoms with Gasteiger partial charge in [0.1, 0.15) is 0 Å². The number of hydrogen-bond acceptors (Lipinski definition) is 2. The number of carbonyl (C=O) groups is 1. The lowest BCUT2D eigenvalue weighted by atomic mass is 9.73. The Morgan fingerprint density at radius 3 is 2.00 bits per heavy atom. The van der Waals surface area contributed by atoms with E-state index in [1.165, 1.54) is 32.1 Å². The van der Waals surface area contributed by atoms with E-state index in [1.54, 1.807) is 0 Å². The van der Waals surface area contributed by atoms with Gasteiger partial charge in [0.25, 0.3) is 0 Å². The monoisotopic (exact) mass is 239 g/mol. The van der Waals surface area contributed by atoms with Gasteiger partial charge in [-0.15, -0.1) is 0 Å². The molecule has 0 aromatic carbocycles. The summed E-state index contributed by atoms with van der Waals surface area (Å²) >= 11 is 0. The maximum Gasteiger partial charge on any atom is 0.310 e. The molecule has 0 radical (unpaired) electrons. The highest BCUT2D eigenvalue weighted by molar-refractivity contribution is 5.75. The Morgan fingerprint density at radius 1 is 0.941 bits per heavy atom. The summed E-state index contributed by atoms with van der Waals surface area (Å²) in [6.45, 7) is 3.01. The minimum absolute atomic E-state index is 0.428. The zero-order valence-electron chi connectivity index (χ0n) is 10.8. The molecule has 0 bridgehead atoms. The molecule has 2 aliphatic rings. The van der Waals surface area contributed by atoms with Crippen LogP contribution in [0.5, 0.6) is 0 Å². The van der Waals surface area contributed by atoms with Crippen molar-refractivity contribution in [3.8, 4) is 0 Å². The Bertz CT molecular complexity index is 251. The third-order valence-corrected chi connectivity index (χ3v) is 4.49. The standard InChI is InChI=1S/C14H25NO2/c16-13(17)14(8-4-3-5-9-14)12-15-10-6-1-2-7-11-15/h1-12H2,(H,16,17). The number of aliphatic carboxylic acids is 1. The molecule has 0 unspecified atom stereocenters. The van der Waals surface area contributed by atoms with Crippen LogP contribution in [0.25, 0.3) is 0 Å². The summed E-state index contributed by atoms with van der Waals surface area (Å²) in [5.41, 5.74) is -0.428. The number of nitrogens with zero attached hydrogens (tertiary/aromatic N) is 1. The third kappa shape index (κ3) is 3.21. The average Bonchev–Trinajstić information content (AvgIpc) is 2.59. The SMILES string of the molecule is O=C(O)C1(CN2CCCCCC2)CCCCC1. The van der Waals surface area contributed by atoms with E-state index in [0.29, 0.717) is 0 Å². The van der Waals surface area contributed by atoms with Crippen molar-refractivity contribution in [1.82, 2.24) is 4.90 Å². The van der Waals surface area contributed by atoms with Crippen molar-refractivity contribution in [2.24, 2.45) is 5.41 Å². The summed E-state index contributed by atoms with van der Waals surface area (Å²) in [5, 5.41) is 9.56. The fourth-order valence-corrected chi connectivity index (χ4v) is 3.39. The summed E-state index contributed by atoms with van der Waals surface area (Å²) in [4.78, 5) is 14.0. The molecule has 1 aliphatic heterocycles. The smallest absolute Gasteiger partial charge is 0.310 e. The van der Waals surface area contributed by atoms with Gasteiger partial charge < -0.3 is 10.0 Å². The Hall–Kier alpha value is -0.570. The minimum Gasteiger partial charge on any atom is -0.481 e. The molecule has 17 heavy (non-hydrogen) atoms. The van der Waals surface area contributed by atoms with Gasteiger partial charge in [0.05, 0.1) is 5.41 Å². The first-order valence-corrected chi connectivity index (χ1v) is 7.19. The molecule has 0 atom stereocenters. The largest absolute Gasteiger partial charge is 0.481 e. The van der Waals surface area contributed by atoms with Crippen molar-refractivity contribution in [1.29, 1.82) is 0 Å². The molecule has 3 heteroatoms. The fourth-order valence-electron chi connectivity index (χ4n) is 3.39. The summed E-state index contributed by atoms with van der Waals surface area (Å²) in [6.07, 6.45) is 10.3. The second-order valence-corrected chi connectivity index (χ2v) is 5.84. The first kappa shape index (κ1) is 12.9. The summed E-state index contributed by atoms with van der Waals surface area (Å²) < 4.78 is 0. The third-order valence-electron chi connectivity index (χ3n) is 4.49. The lowest BCUT2D eigenvalue weighted by Crippen LogP contribution is -2.44. The highest BCUT2D eigenvalue weighted by Crippen LogP contribution is 2.37. The van der Waals surface area contributed by atoms with Crippen LogP contribution < -0.4 is 0 Å². The lowest BCUT2D eigenvalue weighted by molar-refractivity contribution is -0.152. The summed E-state index contributed by atoms with van der Waals surface area (Å²) in [7, 11) is 0. The van der Waals surface area contributed by atoms with Crippen LogP contribution in [-0.2, 0) is 4.79 Å². The van der Waals surface area contributed by atoms with E-state index in [9.17, 15) is 9.90 Å². The van der Waals surface area contributed by atoms with E-state index in [0.717, 1.165) is 45.3 Å². The van der Waals surface area contributed by atoms with E-state index in [4.69, 9.17) is 0 Å². The zero-order chi connectivity index (χ0) is 12.1. The summed E-state index contributed by atoms with van der Waals surface area (Å²) in [6, 6.07) is 0. The minimum atomic E-state index is -0.554. The van der Waals surface area contributed by atoms with Gasteiger partial charge in [-0.05, 0) is 38.8 Å². The molecular formula is C14H25NO2. The van der Waals surface area contributed by atoms with Gasteiger partial charge >= 0.3 is 5.97 Å². The number of hydrogen-bond donors (Lipinski definition) is 1. The van der Waals surface area contributed by atoms with Gasteiger partial charge in [0.2, 0.25) is 0 Å². The van der Waals surface area contributed by atoms with Gasteiger partial charge in [-0.2, -0.15) is 0 Å². The second-order valence-electron chi connectivity index (χ2n) is 5.84. The molecule has 2 rings (SSSR count). The predicted octanol–water partition coefficient (Wildman–Crippen LogP) is 2.90. The van der Waals surface area contributed by atoms with Crippen LogP contribution in [0.1, 0.15) is 57.8 Å². The first-order valence-electron chi connectivity index (χ1n) is 7.19. The molecule has 2 fully saturated rings. The molecule has 1 N–H and O–H groups in total. The van der Waals surface area contributed by atoms with Crippen LogP contribution in [-0.4, -0.2) is 35.6 Å². The van der Waals surface area contributed by atoms with Gasteiger partial charge in [0, 0.05) is 6.54 Å². The van der Waals surface area contributed by atoms with Crippen molar-refractivity contribution in [2.75, 3.05) is 19.6 Å². The van der Waals surface area contributed by atoms with Gasteiger partial charge in [-0.1, -0.05) is 32.1 Å². The zero-order valence-corrected chi connectivity index (χ0v) is 10.8. The van der Waals surface area contributed by atoms with Crippen LogP contribution >= 0.6 is 0 Å². The van der Waals surface area contributed by atoms with Crippen LogP contribution in [0.3, 0.4) is 0 Å². The highest BCUT2D eigenvalue weighted by atomic mass is 16.4. The second kappa shape index (κ2) is 5.85. The van der Waals surface area contributed by atoms with Crippen molar-refractivity contribution < 1.29 is 9.90 Å². The molecule has 1 aliphatic carbocycles. The Morgan fingerprint density at radius 2 is 1.47 bits per heavy atom. The molecular weight excluding hydrogens is 214 g/mol. The highest BCUT2D eigenvalue weighted by Gasteiger charge is 2.40. The maximum absolute atomic E-state index is 11.6. The molecule has 3 nitrogen and oxygen atoms in total. The number of rotatable bonds is 3. The topological polar surface area (TPSA) is 40.5 Å². The van der Waals surface area contributed by atoms with Crippen LogP contribution in [0.4, 0.5) is 0 Å². The van der Waals surface area contributed by atoms with Gasteiger partial charge in [-0.25, -0.2) is 0 Å². The van der Waals surface area contributed by atoms with Gasteiger partial charge in [0.15, 0.2) is 0 Å². The molecule has 0 aromatic rings. The van der Waals surface area contributed by atoms with Crippen molar-refractivity contribution >= 4 is 5.97 Å². The van der Waals surface area contributed by atoms with Crippen LogP contribution in [0.2, 0.25) is 0 Å². The van der Waals surface area contributed by atoms with Crippen molar-refractivity contribution in [2.45, 2.75) is 57.8 Å². The molecule has 0 amide bonds. The molecule has 1 saturated carbocycles. The van der Waals surface area contributed by atoms with E-state index in [1.807, 2.05) is 0 Å². The van der Waals surface area contributed by atoms with Crippen LogP contribution in [0, 0.1) is 5.41 Å². The Labute approximate surface area is 104 Å². The van der Waals surface area contributed by atoms with Gasteiger partial charge in [-0.3, -0.25) is 4.79 Å². The number of carboxylic acids is 1. The Balaban J connectivity index is 1.98. The fraction of sp³-hybridized carbons (Fsp3) is 0.929. The molecule has 98 valence electrons. The van der Waals surface area contributed by atoms with Crippen molar-refractivity contribution in [3.05, 3.63) is 0 Å². The maximum atomic E-state index is 11.6. The molecule has 0 aromatic heterocycles. The number of carboxylic acid groups (broad SMARTS) is 1. The van der Waals surface area contributed by atoms with Crippen molar-refractivity contribution in [3.63, 3.8) is 0 Å². The molecule has 1 saturated heterocycles. The molecule has 0 spiro atoms. The first-order chi connectivity index (χ1) is 8.23. The normalized spacial score (nSPS) is 26.4. The van der Waals surface area contributed by atoms with E-state index < -0.39 is 11.4 Å².